The largest absolute Gasteiger partial charge is 0.472 e. The van der Waals surface area contributed by atoms with Gasteiger partial charge in [0.2, 0.25) is 5.88 Å². The van der Waals surface area contributed by atoms with Crippen molar-refractivity contribution in [3.63, 3.8) is 0 Å². The van der Waals surface area contributed by atoms with Crippen LogP contribution in [0.3, 0.4) is 0 Å². The van der Waals surface area contributed by atoms with Crippen molar-refractivity contribution in [3.8, 4) is 11.6 Å². The zero-order valence-corrected chi connectivity index (χ0v) is 16.9. The molecule has 0 saturated carbocycles. The van der Waals surface area contributed by atoms with Crippen molar-refractivity contribution in [1.82, 2.24) is 9.55 Å². The van der Waals surface area contributed by atoms with E-state index in [2.05, 4.69) is 20.9 Å². The second-order valence-electron chi connectivity index (χ2n) is 6.27. The maximum Gasteiger partial charge on any atom is 0.276 e. The van der Waals surface area contributed by atoms with Gasteiger partial charge in [-0.1, -0.05) is 6.07 Å². The van der Waals surface area contributed by atoms with E-state index < -0.39 is 17.2 Å². The van der Waals surface area contributed by atoms with Crippen molar-refractivity contribution in [2.45, 2.75) is 26.7 Å². The maximum atomic E-state index is 13.8. The van der Waals surface area contributed by atoms with E-state index in [1.54, 1.807) is 25.1 Å². The number of rotatable bonds is 6. The second-order valence-corrected chi connectivity index (χ2v) is 7.06. The van der Waals surface area contributed by atoms with Crippen LogP contribution < -0.4 is 10.3 Å². The lowest BCUT2D eigenvalue weighted by atomic mass is 10.1. The third kappa shape index (κ3) is 4.52. The van der Waals surface area contributed by atoms with Gasteiger partial charge in [0, 0.05) is 11.6 Å². The molecule has 0 spiro atoms. The van der Waals surface area contributed by atoms with E-state index in [4.69, 9.17) is 4.74 Å². The van der Waals surface area contributed by atoms with E-state index in [1.807, 2.05) is 0 Å². The average Bonchev–Trinajstić information content (AvgIpc) is 2.70. The average molecular weight is 467 g/mol. The highest BCUT2D eigenvalue weighted by Crippen LogP contribution is 2.23. The number of aliphatic hydroxyl groups is 2. The summed E-state index contributed by atoms with van der Waals surface area (Å²) >= 11 is 3.16. The molecular formula is C20H17BrF2N2O4. The summed E-state index contributed by atoms with van der Waals surface area (Å²) < 4.78 is 33.6. The molecule has 0 aliphatic rings. The minimum Gasteiger partial charge on any atom is -0.472 e. The number of ether oxygens (including phenoxy) is 1. The predicted octanol–water partition coefficient (Wildman–Crippen LogP) is 3.15. The molecule has 0 aliphatic heterocycles. The normalized spacial score (nSPS) is 11.0. The molecule has 9 heteroatoms. The SMILES string of the molecule is Cc1nc(OCc2ccc(F)cc2F)c(Br)c(=O)n1-c1cc(CO)cc(CO)c1. The summed E-state index contributed by atoms with van der Waals surface area (Å²) in [4.78, 5) is 17.1. The van der Waals surface area contributed by atoms with E-state index in [-0.39, 0.29) is 41.6 Å². The van der Waals surface area contributed by atoms with Crippen molar-refractivity contribution >= 4 is 15.9 Å². The van der Waals surface area contributed by atoms with E-state index in [0.717, 1.165) is 12.1 Å². The Morgan fingerprint density at radius 2 is 1.76 bits per heavy atom. The number of hydrogen-bond acceptors (Lipinski definition) is 5. The molecule has 0 bridgehead atoms. The molecule has 0 radical (unpaired) electrons. The Hall–Kier alpha value is -2.62. The van der Waals surface area contributed by atoms with Gasteiger partial charge in [-0.15, -0.1) is 0 Å². The lowest BCUT2D eigenvalue weighted by molar-refractivity contribution is 0.275. The van der Waals surface area contributed by atoms with Crippen molar-refractivity contribution < 1.29 is 23.7 Å². The van der Waals surface area contributed by atoms with Crippen LogP contribution in [-0.2, 0) is 19.8 Å². The Labute approximate surface area is 173 Å². The molecule has 0 amide bonds. The number of aliphatic hydroxyl groups excluding tert-OH is 2. The summed E-state index contributed by atoms with van der Waals surface area (Å²) in [5.74, 6) is -1.21. The van der Waals surface area contributed by atoms with Gasteiger partial charge in [-0.3, -0.25) is 9.36 Å². The van der Waals surface area contributed by atoms with E-state index in [9.17, 15) is 23.8 Å². The van der Waals surface area contributed by atoms with Crippen molar-refractivity contribution in [2.75, 3.05) is 0 Å². The zero-order chi connectivity index (χ0) is 21.1. The molecule has 0 saturated heterocycles. The van der Waals surface area contributed by atoms with Gasteiger partial charge in [0.15, 0.2) is 0 Å². The van der Waals surface area contributed by atoms with Crippen LogP contribution in [0.15, 0.2) is 45.7 Å². The highest BCUT2D eigenvalue weighted by Gasteiger charge is 2.17. The molecule has 6 nitrogen and oxygen atoms in total. The van der Waals surface area contributed by atoms with Crippen LogP contribution in [0.25, 0.3) is 5.69 Å². The first-order chi connectivity index (χ1) is 13.8. The molecule has 3 rings (SSSR count). The minimum atomic E-state index is -0.761. The predicted molar refractivity (Wildman–Crippen MR) is 105 cm³/mol. The minimum absolute atomic E-state index is 0.0190. The van der Waals surface area contributed by atoms with Crippen molar-refractivity contribution in [3.05, 3.63) is 85.4 Å². The molecule has 0 unspecified atom stereocenters. The van der Waals surface area contributed by atoms with Crippen LogP contribution in [0, 0.1) is 18.6 Å². The first kappa shape index (κ1) is 21.1. The molecule has 3 aromatic rings. The summed E-state index contributed by atoms with van der Waals surface area (Å²) in [6.45, 7) is 0.833. The Balaban J connectivity index is 1.98. The lowest BCUT2D eigenvalue weighted by Crippen LogP contribution is -2.24. The summed E-state index contributed by atoms with van der Waals surface area (Å²) in [5, 5.41) is 18.8. The Morgan fingerprint density at radius 1 is 1.10 bits per heavy atom. The fourth-order valence-corrected chi connectivity index (χ4v) is 3.20. The second kappa shape index (κ2) is 8.81. The Kier molecular flexibility index (Phi) is 6.41. The molecule has 0 aliphatic carbocycles. The van der Waals surface area contributed by atoms with E-state index >= 15 is 0 Å². The topological polar surface area (TPSA) is 84.6 Å². The molecule has 2 aromatic carbocycles. The lowest BCUT2D eigenvalue weighted by Gasteiger charge is -2.15. The van der Waals surface area contributed by atoms with Crippen molar-refractivity contribution in [2.24, 2.45) is 0 Å². The number of halogens is 3. The van der Waals surface area contributed by atoms with Crippen LogP contribution in [0.2, 0.25) is 0 Å². The monoisotopic (exact) mass is 466 g/mol. The Bertz CT molecular complexity index is 1100. The van der Waals surface area contributed by atoms with Crippen LogP contribution in [0.4, 0.5) is 8.78 Å². The molecular weight excluding hydrogens is 450 g/mol. The standard InChI is InChI=1S/C20H17BrF2N2O4/c1-11-24-19(29-10-14-2-3-15(22)7-17(14)23)18(21)20(28)25(11)16-5-12(8-26)4-13(6-16)9-27/h2-7,26-27H,8-10H2,1H3. The smallest absolute Gasteiger partial charge is 0.276 e. The number of hydrogen-bond donors (Lipinski definition) is 2. The molecule has 0 fully saturated rings. The third-order valence-corrected chi connectivity index (χ3v) is 4.88. The van der Waals surface area contributed by atoms with Crippen LogP contribution >= 0.6 is 15.9 Å². The number of aromatic nitrogens is 2. The first-order valence-corrected chi connectivity index (χ1v) is 9.34. The molecule has 29 heavy (non-hydrogen) atoms. The van der Waals surface area contributed by atoms with Crippen LogP contribution in [-0.4, -0.2) is 19.8 Å². The molecule has 0 atom stereocenters. The molecule has 2 N–H and O–H groups in total. The quantitative estimate of drug-likeness (QED) is 0.582. The van der Waals surface area contributed by atoms with Crippen LogP contribution in [0.5, 0.6) is 5.88 Å². The zero-order valence-electron chi connectivity index (χ0n) is 15.3. The van der Waals surface area contributed by atoms with Gasteiger partial charge in [0.05, 0.1) is 18.9 Å². The highest BCUT2D eigenvalue weighted by molar-refractivity contribution is 9.10. The molecule has 152 valence electrons. The summed E-state index contributed by atoms with van der Waals surface area (Å²) in [6, 6.07) is 7.95. The summed E-state index contributed by atoms with van der Waals surface area (Å²) in [6.07, 6.45) is 0. The van der Waals surface area contributed by atoms with Gasteiger partial charge in [-0.2, -0.15) is 4.98 Å². The van der Waals surface area contributed by atoms with Crippen LogP contribution in [0.1, 0.15) is 22.5 Å². The summed E-state index contributed by atoms with van der Waals surface area (Å²) in [7, 11) is 0. The van der Waals surface area contributed by atoms with E-state index in [1.165, 1.54) is 10.6 Å². The molecule has 1 heterocycles. The van der Waals surface area contributed by atoms with Gasteiger partial charge >= 0.3 is 0 Å². The fraction of sp³-hybridized carbons (Fsp3) is 0.200. The fourth-order valence-electron chi connectivity index (χ4n) is 2.82. The van der Waals surface area contributed by atoms with Crippen molar-refractivity contribution in [1.29, 1.82) is 0 Å². The van der Waals surface area contributed by atoms with E-state index in [0.29, 0.717) is 16.8 Å². The maximum absolute atomic E-state index is 13.8. The summed E-state index contributed by atoms with van der Waals surface area (Å²) in [5.41, 5.74) is 1.12. The van der Waals surface area contributed by atoms with Gasteiger partial charge in [-0.25, -0.2) is 8.78 Å². The van der Waals surface area contributed by atoms with Gasteiger partial charge in [-0.05, 0) is 58.2 Å². The number of nitrogens with zero attached hydrogens (tertiary/aromatic N) is 2. The highest BCUT2D eigenvalue weighted by atomic mass is 79.9. The van der Waals surface area contributed by atoms with Gasteiger partial charge in [0.1, 0.15) is 28.5 Å². The third-order valence-electron chi connectivity index (χ3n) is 4.21. The van der Waals surface area contributed by atoms with Gasteiger partial charge < -0.3 is 14.9 Å². The first-order valence-electron chi connectivity index (χ1n) is 8.55. The Morgan fingerprint density at radius 3 is 2.34 bits per heavy atom. The number of aryl methyl sites for hydroxylation is 1. The number of benzene rings is 2. The van der Waals surface area contributed by atoms with Gasteiger partial charge in [0.25, 0.3) is 5.56 Å². The molecule has 1 aromatic heterocycles.